The third-order valence-corrected chi connectivity index (χ3v) is 5.49. The summed E-state index contributed by atoms with van der Waals surface area (Å²) in [6.07, 6.45) is -0.842. The molecule has 0 fully saturated rings. The van der Waals surface area contributed by atoms with E-state index in [2.05, 4.69) is 10.2 Å². The van der Waals surface area contributed by atoms with Gasteiger partial charge in [0.15, 0.2) is 5.60 Å². The van der Waals surface area contributed by atoms with Crippen molar-refractivity contribution in [2.24, 2.45) is 5.92 Å². The van der Waals surface area contributed by atoms with E-state index in [4.69, 9.17) is 0 Å². The Morgan fingerprint density at radius 1 is 1.09 bits per heavy atom. The number of aliphatic hydroxyl groups is 1. The highest BCUT2D eigenvalue weighted by Gasteiger charge is 2.56. The Hall–Kier alpha value is -3.27. The van der Waals surface area contributed by atoms with Gasteiger partial charge in [-0.2, -0.15) is 28.2 Å². The molecule has 2 unspecified atom stereocenters. The van der Waals surface area contributed by atoms with Gasteiger partial charge in [-0.1, -0.05) is 19.1 Å². The Morgan fingerprint density at radius 2 is 1.72 bits per heavy atom. The quantitative estimate of drug-likeness (QED) is 0.571. The highest BCUT2D eigenvalue weighted by Crippen LogP contribution is 2.38. The molecule has 0 aliphatic carbocycles. The number of hydrogen-bond donors (Lipinski definition) is 1. The average Bonchev–Trinajstić information content (AvgIpc) is 3.28. The van der Waals surface area contributed by atoms with Crippen molar-refractivity contribution in [1.82, 2.24) is 19.6 Å². The Kier molecular flexibility index (Phi) is 6.63. The fourth-order valence-electron chi connectivity index (χ4n) is 3.48. The number of pyridine rings is 1. The molecule has 1 aromatic carbocycles. The molecule has 3 rings (SSSR count). The van der Waals surface area contributed by atoms with Crippen molar-refractivity contribution >= 4 is 5.78 Å². The van der Waals surface area contributed by atoms with Crippen molar-refractivity contribution in [1.29, 1.82) is 0 Å². The second-order valence-corrected chi connectivity index (χ2v) is 7.62. The molecule has 2 aromatic heterocycles. The third kappa shape index (κ3) is 4.80. The molecule has 2 heterocycles. The highest BCUT2D eigenvalue weighted by atomic mass is 19.4. The molecular weight excluding hydrogens is 425 g/mol. The number of Topliss-reactive ketones (excluding diaryl/α,β-unsaturated/α-hetero) is 1. The summed E-state index contributed by atoms with van der Waals surface area (Å²) in [5, 5.41) is 18.1. The number of rotatable bonds is 8. The molecule has 2 atom stereocenters. The number of carbonyl (C=O) groups is 1. The summed E-state index contributed by atoms with van der Waals surface area (Å²) in [5.74, 6) is -2.37. The Morgan fingerprint density at radius 3 is 2.25 bits per heavy atom. The van der Waals surface area contributed by atoms with Crippen LogP contribution in [0.2, 0.25) is 0 Å². The fourth-order valence-corrected chi connectivity index (χ4v) is 3.48. The first-order valence-corrected chi connectivity index (χ1v) is 10.0. The zero-order valence-electron chi connectivity index (χ0n) is 17.6. The lowest BCUT2D eigenvalue weighted by Crippen LogP contribution is -2.51. The summed E-state index contributed by atoms with van der Waals surface area (Å²) in [5.41, 5.74) is -1.45. The first kappa shape index (κ1) is 23.4. The first-order valence-electron chi connectivity index (χ1n) is 10.0. The van der Waals surface area contributed by atoms with Crippen LogP contribution in [-0.4, -0.2) is 42.2 Å². The van der Waals surface area contributed by atoms with Gasteiger partial charge in [0.1, 0.15) is 5.78 Å². The van der Waals surface area contributed by atoms with Crippen LogP contribution >= 0.6 is 0 Å². The predicted molar refractivity (Wildman–Crippen MR) is 111 cm³/mol. The van der Waals surface area contributed by atoms with Gasteiger partial charge in [0.05, 0.1) is 24.0 Å². The molecule has 7 nitrogen and oxygen atoms in total. The zero-order valence-corrected chi connectivity index (χ0v) is 17.6. The molecule has 0 amide bonds. The zero-order chi connectivity index (χ0) is 23.5. The largest absolute Gasteiger partial charge is 0.417 e. The van der Waals surface area contributed by atoms with Gasteiger partial charge >= 0.3 is 6.18 Å². The van der Waals surface area contributed by atoms with Gasteiger partial charge in [0.2, 0.25) is 0 Å². The maximum absolute atomic E-state index is 13.3. The van der Waals surface area contributed by atoms with Gasteiger partial charge in [-0.15, -0.1) is 0 Å². The standard InChI is InChI=1S/C22H23F3N4O3/c1-3-19(30)18(21(2,32)22(23,24)25)9-13-28-12-8-16(14-20(28)31)15-4-6-17(7-5-15)29-26-10-11-27-29/h4-8,10-12,14,18,32H,3,9,13H2,1-2H3. The summed E-state index contributed by atoms with van der Waals surface area (Å²) in [7, 11) is 0. The van der Waals surface area contributed by atoms with Gasteiger partial charge in [-0.25, -0.2) is 0 Å². The summed E-state index contributed by atoms with van der Waals surface area (Å²) in [6.45, 7) is 1.90. The smallest absolute Gasteiger partial charge is 0.380 e. The molecule has 0 saturated carbocycles. The van der Waals surface area contributed by atoms with E-state index in [0.29, 0.717) is 12.5 Å². The van der Waals surface area contributed by atoms with E-state index >= 15 is 0 Å². The minimum atomic E-state index is -4.96. The second kappa shape index (κ2) is 9.07. The van der Waals surface area contributed by atoms with E-state index < -0.39 is 29.0 Å². The number of halogens is 3. The lowest BCUT2D eigenvalue weighted by atomic mass is 9.81. The number of alkyl halides is 3. The van der Waals surface area contributed by atoms with Crippen LogP contribution < -0.4 is 5.56 Å². The molecule has 32 heavy (non-hydrogen) atoms. The average molecular weight is 448 g/mol. The first-order chi connectivity index (χ1) is 15.0. The van der Waals surface area contributed by atoms with Crippen LogP contribution in [0.25, 0.3) is 16.8 Å². The molecule has 0 aliphatic heterocycles. The summed E-state index contributed by atoms with van der Waals surface area (Å²) >= 11 is 0. The maximum Gasteiger partial charge on any atom is 0.417 e. The van der Waals surface area contributed by atoms with E-state index in [1.54, 1.807) is 42.7 Å². The number of hydrogen-bond acceptors (Lipinski definition) is 5. The lowest BCUT2D eigenvalue weighted by molar-refractivity contribution is -0.269. The van der Waals surface area contributed by atoms with Crippen LogP contribution in [0, 0.1) is 5.92 Å². The second-order valence-electron chi connectivity index (χ2n) is 7.62. The Labute approximate surface area is 182 Å². The molecular formula is C22H23F3N4O3. The molecule has 0 bridgehead atoms. The van der Waals surface area contributed by atoms with Crippen molar-refractivity contribution in [2.45, 2.75) is 45.0 Å². The van der Waals surface area contributed by atoms with Crippen molar-refractivity contribution in [3.05, 3.63) is 65.3 Å². The summed E-state index contributed by atoms with van der Waals surface area (Å²) in [4.78, 5) is 26.1. The van der Waals surface area contributed by atoms with Crippen molar-refractivity contribution in [3.63, 3.8) is 0 Å². The van der Waals surface area contributed by atoms with Crippen LogP contribution in [0.4, 0.5) is 13.2 Å². The monoisotopic (exact) mass is 448 g/mol. The van der Waals surface area contributed by atoms with Crippen molar-refractivity contribution < 1.29 is 23.1 Å². The van der Waals surface area contributed by atoms with Crippen LogP contribution in [0.5, 0.6) is 0 Å². The van der Waals surface area contributed by atoms with Crippen molar-refractivity contribution in [2.75, 3.05) is 0 Å². The predicted octanol–water partition coefficient (Wildman–Crippen LogP) is 3.39. The number of benzene rings is 1. The van der Waals surface area contributed by atoms with Gasteiger partial charge in [-0.05, 0) is 42.7 Å². The molecule has 0 saturated heterocycles. The molecule has 3 aromatic rings. The number of aromatic nitrogens is 4. The molecule has 0 spiro atoms. The number of carbonyl (C=O) groups excluding carboxylic acids is 1. The summed E-state index contributed by atoms with van der Waals surface area (Å²) < 4.78 is 41.0. The normalized spacial score (nSPS) is 14.7. The van der Waals surface area contributed by atoms with Gasteiger partial charge in [0, 0.05) is 25.2 Å². The van der Waals surface area contributed by atoms with E-state index in [1.807, 2.05) is 0 Å². The Balaban J connectivity index is 1.77. The van der Waals surface area contributed by atoms with E-state index in [9.17, 15) is 27.9 Å². The van der Waals surface area contributed by atoms with Gasteiger partial charge < -0.3 is 9.67 Å². The fraction of sp³-hybridized carbons (Fsp3) is 0.364. The van der Waals surface area contributed by atoms with E-state index in [0.717, 1.165) is 11.3 Å². The minimum absolute atomic E-state index is 0.133. The molecule has 0 radical (unpaired) electrons. The molecule has 10 heteroatoms. The summed E-state index contributed by atoms with van der Waals surface area (Å²) in [6, 6.07) is 10.2. The molecule has 1 N–H and O–H groups in total. The Bertz CT molecular complexity index is 1120. The maximum atomic E-state index is 13.3. The lowest BCUT2D eigenvalue weighted by Gasteiger charge is -2.33. The highest BCUT2D eigenvalue weighted by molar-refractivity contribution is 5.82. The van der Waals surface area contributed by atoms with E-state index in [1.165, 1.54) is 28.6 Å². The minimum Gasteiger partial charge on any atom is -0.380 e. The van der Waals surface area contributed by atoms with Gasteiger partial charge in [0.25, 0.3) is 5.56 Å². The molecule has 170 valence electrons. The number of aryl methyl sites for hydroxylation is 1. The molecule has 0 aliphatic rings. The van der Waals surface area contributed by atoms with Crippen LogP contribution in [-0.2, 0) is 11.3 Å². The SMILES string of the molecule is CCC(=O)C(CCn1ccc(-c2ccc(-n3nccn3)cc2)cc1=O)C(C)(O)C(F)(F)F. The third-order valence-electron chi connectivity index (χ3n) is 5.49. The number of ketones is 1. The topological polar surface area (TPSA) is 90.0 Å². The van der Waals surface area contributed by atoms with Gasteiger partial charge in [-0.3, -0.25) is 9.59 Å². The number of nitrogens with zero attached hydrogens (tertiary/aromatic N) is 4. The van der Waals surface area contributed by atoms with E-state index in [-0.39, 0.29) is 19.4 Å². The van der Waals surface area contributed by atoms with Crippen LogP contribution in [0.3, 0.4) is 0 Å². The van der Waals surface area contributed by atoms with Crippen LogP contribution in [0.15, 0.2) is 59.8 Å². The van der Waals surface area contributed by atoms with Crippen molar-refractivity contribution in [3.8, 4) is 16.8 Å². The van der Waals surface area contributed by atoms with Crippen LogP contribution in [0.1, 0.15) is 26.7 Å².